The Hall–Kier alpha value is -2.86. The van der Waals surface area contributed by atoms with Crippen LogP contribution in [-0.4, -0.2) is 17.9 Å². The van der Waals surface area contributed by atoms with Crippen LogP contribution in [0.3, 0.4) is 0 Å². The van der Waals surface area contributed by atoms with E-state index >= 15 is 0 Å². The van der Waals surface area contributed by atoms with Crippen molar-refractivity contribution in [2.45, 2.75) is 25.5 Å². The van der Waals surface area contributed by atoms with Crippen molar-refractivity contribution < 1.29 is 14.4 Å². The van der Waals surface area contributed by atoms with Gasteiger partial charge in [0, 0.05) is 10.0 Å². The van der Waals surface area contributed by atoms with E-state index in [4.69, 9.17) is 28.0 Å². The van der Waals surface area contributed by atoms with Gasteiger partial charge in [-0.05, 0) is 53.9 Å². The Balaban J connectivity index is 1.58. The van der Waals surface area contributed by atoms with Crippen LogP contribution in [0, 0.1) is 5.92 Å². The van der Waals surface area contributed by atoms with Crippen LogP contribution in [0.1, 0.15) is 24.1 Å². The molecule has 2 amide bonds. The lowest BCUT2D eigenvalue weighted by Gasteiger charge is -2.29. The fourth-order valence-electron chi connectivity index (χ4n) is 4.41. The van der Waals surface area contributed by atoms with E-state index in [1.165, 1.54) is 4.90 Å². The van der Waals surface area contributed by atoms with Gasteiger partial charge in [-0.25, -0.2) is 9.96 Å². The summed E-state index contributed by atoms with van der Waals surface area (Å²) < 4.78 is 0. The lowest BCUT2D eigenvalue weighted by atomic mass is 9.90. The van der Waals surface area contributed by atoms with Gasteiger partial charge in [-0.3, -0.25) is 14.4 Å². The molecule has 0 aromatic heterocycles. The normalized spacial score (nSPS) is 22.5. The average Bonchev–Trinajstić information content (AvgIpc) is 3.30. The maximum Gasteiger partial charge on any atom is 0.266 e. The van der Waals surface area contributed by atoms with Crippen LogP contribution in [0.2, 0.25) is 10.0 Å². The lowest BCUT2D eigenvalue weighted by Crippen LogP contribution is -2.37. The number of aryl methyl sites for hydroxylation is 1. The number of imide groups is 1. The zero-order valence-electron chi connectivity index (χ0n) is 17.2. The third kappa shape index (κ3) is 3.37. The third-order valence-electron chi connectivity index (χ3n) is 6.01. The Morgan fingerprint density at radius 3 is 2.25 bits per heavy atom. The average molecular weight is 467 g/mol. The molecule has 2 aliphatic heterocycles. The zero-order chi connectivity index (χ0) is 22.4. The molecule has 3 aromatic rings. The van der Waals surface area contributed by atoms with E-state index in [9.17, 15) is 9.59 Å². The van der Waals surface area contributed by atoms with Gasteiger partial charge in [0.25, 0.3) is 5.91 Å². The minimum absolute atomic E-state index is 0.307. The summed E-state index contributed by atoms with van der Waals surface area (Å²) in [5.41, 5.74) is 3.09. The van der Waals surface area contributed by atoms with Gasteiger partial charge >= 0.3 is 0 Å². The number of hydrogen-bond acceptors (Lipinski definition) is 4. The number of carbonyl (C=O) groups excluding carboxylic acids is 2. The SMILES string of the molecule is CCc1ccc(N2C(=O)[C@@H]3[C@H](ON(c4ccccc4)[C@@H]3c3ccc(Cl)cc3Cl)C2=O)cc1. The summed E-state index contributed by atoms with van der Waals surface area (Å²) in [4.78, 5) is 34.3. The smallest absolute Gasteiger partial charge is 0.266 e. The van der Waals surface area contributed by atoms with Crippen molar-refractivity contribution in [2.75, 3.05) is 9.96 Å². The van der Waals surface area contributed by atoms with Gasteiger partial charge in [0.1, 0.15) is 5.92 Å². The molecule has 7 heteroatoms. The summed E-state index contributed by atoms with van der Waals surface area (Å²) in [6, 6.07) is 21.4. The molecule has 2 aliphatic rings. The van der Waals surface area contributed by atoms with Crippen molar-refractivity contribution in [3.63, 3.8) is 0 Å². The van der Waals surface area contributed by atoms with Crippen LogP contribution in [0.25, 0.3) is 0 Å². The van der Waals surface area contributed by atoms with Crippen molar-refractivity contribution in [3.05, 3.63) is 94.0 Å². The fraction of sp³-hybridized carbons (Fsp3) is 0.200. The summed E-state index contributed by atoms with van der Waals surface area (Å²) >= 11 is 12.7. The molecule has 0 aliphatic carbocycles. The van der Waals surface area contributed by atoms with E-state index in [1.807, 2.05) is 42.5 Å². The molecule has 0 unspecified atom stereocenters. The molecule has 3 aromatic carbocycles. The molecule has 5 rings (SSSR count). The predicted molar refractivity (Wildman–Crippen MR) is 125 cm³/mol. The number of benzene rings is 3. The lowest BCUT2D eigenvalue weighted by molar-refractivity contribution is -0.126. The number of amides is 2. The summed E-state index contributed by atoms with van der Waals surface area (Å²) in [6.45, 7) is 2.05. The molecule has 2 fully saturated rings. The Bertz CT molecular complexity index is 1180. The minimum atomic E-state index is -0.940. The maximum absolute atomic E-state index is 13.6. The molecular weight excluding hydrogens is 447 g/mol. The van der Waals surface area contributed by atoms with Gasteiger partial charge in [-0.2, -0.15) is 0 Å². The number of halogens is 2. The number of carbonyl (C=O) groups is 2. The monoisotopic (exact) mass is 466 g/mol. The van der Waals surface area contributed by atoms with Gasteiger partial charge in [-0.1, -0.05) is 66.5 Å². The first kappa shape index (κ1) is 21.0. The topological polar surface area (TPSA) is 49.9 Å². The van der Waals surface area contributed by atoms with Gasteiger partial charge < -0.3 is 0 Å². The number of hydroxylamine groups is 1. The Labute approximate surface area is 196 Å². The number of anilines is 2. The molecule has 3 atom stereocenters. The molecule has 5 nitrogen and oxygen atoms in total. The predicted octanol–water partition coefficient (Wildman–Crippen LogP) is 5.61. The molecule has 32 heavy (non-hydrogen) atoms. The van der Waals surface area contributed by atoms with Gasteiger partial charge in [0.15, 0.2) is 6.10 Å². The molecular formula is C25H20Cl2N2O3. The Kier molecular flexibility index (Phi) is 5.41. The molecule has 2 heterocycles. The minimum Gasteiger partial charge on any atom is -0.273 e. The second-order valence-corrected chi connectivity index (χ2v) is 8.70. The van der Waals surface area contributed by atoms with Gasteiger partial charge in [0.05, 0.1) is 17.4 Å². The number of nitrogens with zero attached hydrogens (tertiary/aromatic N) is 2. The first-order valence-corrected chi connectivity index (χ1v) is 11.2. The van der Waals surface area contributed by atoms with Crippen molar-refractivity contribution >= 4 is 46.4 Å². The van der Waals surface area contributed by atoms with E-state index in [1.54, 1.807) is 35.4 Å². The number of para-hydroxylation sites is 1. The molecule has 0 radical (unpaired) electrons. The van der Waals surface area contributed by atoms with E-state index in [2.05, 4.69) is 6.92 Å². The third-order valence-corrected chi connectivity index (χ3v) is 6.57. The summed E-state index contributed by atoms with van der Waals surface area (Å²) in [5, 5.41) is 2.53. The Morgan fingerprint density at radius 2 is 1.59 bits per heavy atom. The zero-order valence-corrected chi connectivity index (χ0v) is 18.8. The Morgan fingerprint density at radius 1 is 0.875 bits per heavy atom. The molecule has 162 valence electrons. The first-order chi connectivity index (χ1) is 15.5. The van der Waals surface area contributed by atoms with Crippen LogP contribution < -0.4 is 9.96 Å². The van der Waals surface area contributed by atoms with Crippen LogP contribution in [-0.2, 0) is 20.8 Å². The number of hydrogen-bond donors (Lipinski definition) is 0. The largest absolute Gasteiger partial charge is 0.273 e. The second kappa shape index (κ2) is 8.24. The van der Waals surface area contributed by atoms with Crippen LogP contribution >= 0.6 is 23.2 Å². The summed E-state index contributed by atoms with van der Waals surface area (Å²) in [6.07, 6.45) is -0.0648. The molecule has 2 saturated heterocycles. The maximum atomic E-state index is 13.6. The highest BCUT2D eigenvalue weighted by atomic mass is 35.5. The van der Waals surface area contributed by atoms with Crippen LogP contribution in [0.5, 0.6) is 0 Å². The highest BCUT2D eigenvalue weighted by Gasteiger charge is 2.60. The molecule has 0 saturated carbocycles. The quantitative estimate of drug-likeness (QED) is 0.469. The molecule has 0 spiro atoms. The first-order valence-electron chi connectivity index (χ1n) is 10.4. The van der Waals surface area contributed by atoms with Crippen LogP contribution in [0.4, 0.5) is 11.4 Å². The van der Waals surface area contributed by atoms with E-state index < -0.39 is 18.1 Å². The second-order valence-electron chi connectivity index (χ2n) is 7.86. The van der Waals surface area contributed by atoms with Gasteiger partial charge in [0.2, 0.25) is 5.91 Å². The molecule has 0 N–H and O–H groups in total. The van der Waals surface area contributed by atoms with E-state index in [-0.39, 0.29) is 11.8 Å². The summed E-state index contributed by atoms with van der Waals surface area (Å²) in [5.74, 6) is -1.43. The standard InChI is InChI=1S/C25H20Cl2N2O3/c1-2-15-8-11-17(12-9-15)28-24(30)21-22(19-13-10-16(26)14-20(19)27)29(32-23(21)25(28)31)18-6-4-3-5-7-18/h3-14,21-23H,2H2,1H3/t21-,22+,23-/m0/s1. The van der Waals surface area contributed by atoms with E-state index in [0.717, 1.165) is 17.7 Å². The fourth-order valence-corrected chi connectivity index (χ4v) is 4.93. The molecule has 0 bridgehead atoms. The van der Waals surface area contributed by atoms with E-state index in [0.29, 0.717) is 21.3 Å². The number of fused-ring (bicyclic) bond motifs is 1. The van der Waals surface area contributed by atoms with Crippen molar-refractivity contribution in [3.8, 4) is 0 Å². The number of rotatable bonds is 4. The van der Waals surface area contributed by atoms with Gasteiger partial charge in [-0.15, -0.1) is 0 Å². The van der Waals surface area contributed by atoms with Crippen molar-refractivity contribution in [2.24, 2.45) is 5.92 Å². The van der Waals surface area contributed by atoms with Crippen molar-refractivity contribution in [1.29, 1.82) is 0 Å². The van der Waals surface area contributed by atoms with Crippen molar-refractivity contribution in [1.82, 2.24) is 0 Å². The highest BCUT2D eigenvalue weighted by Crippen LogP contribution is 2.49. The van der Waals surface area contributed by atoms with Crippen LogP contribution in [0.15, 0.2) is 72.8 Å². The highest BCUT2D eigenvalue weighted by molar-refractivity contribution is 6.35. The summed E-state index contributed by atoms with van der Waals surface area (Å²) in [7, 11) is 0.